The molecule has 2 nitrogen and oxygen atoms in total. The average Bonchev–Trinajstić information content (AvgIpc) is 2.56. The first-order valence-corrected chi connectivity index (χ1v) is 6.11. The van der Waals surface area contributed by atoms with Crippen LogP contribution in [0.1, 0.15) is 23.6 Å². The van der Waals surface area contributed by atoms with Gasteiger partial charge in [0.05, 0.1) is 12.6 Å². The summed E-state index contributed by atoms with van der Waals surface area (Å²) in [7, 11) is 2.21. The van der Waals surface area contributed by atoms with E-state index in [1.165, 1.54) is 28.0 Å². The average molecular weight is 222 g/mol. The number of hydrogen-bond donors (Lipinski definition) is 0. The van der Waals surface area contributed by atoms with Gasteiger partial charge in [-0.25, -0.2) is 0 Å². The minimum atomic E-state index is 0.530. The van der Waals surface area contributed by atoms with Crippen LogP contribution in [-0.2, 0) is 0 Å². The van der Waals surface area contributed by atoms with Crippen LogP contribution in [0.2, 0.25) is 0 Å². The second-order valence-corrected chi connectivity index (χ2v) is 4.93. The van der Waals surface area contributed by atoms with Crippen LogP contribution in [0.3, 0.4) is 0 Å². The summed E-state index contributed by atoms with van der Waals surface area (Å²) in [6, 6.07) is 9.32. The third kappa shape index (κ3) is 1.08. The molecule has 0 amide bonds. The fourth-order valence-corrected chi connectivity index (χ4v) is 3.30. The van der Waals surface area contributed by atoms with Crippen LogP contribution in [0.5, 0.6) is 0 Å². The van der Waals surface area contributed by atoms with Gasteiger partial charge in [0.1, 0.15) is 0 Å². The van der Waals surface area contributed by atoms with Crippen molar-refractivity contribution in [2.75, 3.05) is 13.6 Å². The van der Waals surface area contributed by atoms with Gasteiger partial charge in [-0.05, 0) is 23.6 Å². The lowest BCUT2D eigenvalue weighted by Crippen LogP contribution is -2.24. The molecule has 1 aromatic rings. The van der Waals surface area contributed by atoms with E-state index in [9.17, 15) is 0 Å². The third-order valence-electron chi connectivity index (χ3n) is 4.11. The maximum Gasteiger partial charge on any atom is 0.0662 e. The Labute approximate surface area is 101 Å². The molecule has 0 radical (unpaired) electrons. The number of allylic oxidation sites excluding steroid dienone is 1. The van der Waals surface area contributed by atoms with Gasteiger partial charge in [-0.1, -0.05) is 24.3 Å². The van der Waals surface area contributed by atoms with E-state index in [4.69, 9.17) is 0 Å². The van der Waals surface area contributed by atoms with Gasteiger partial charge in [0, 0.05) is 30.1 Å². The summed E-state index contributed by atoms with van der Waals surface area (Å²) in [5.41, 5.74) is 7.20. The highest BCUT2D eigenvalue weighted by molar-refractivity contribution is 5.85. The first-order valence-electron chi connectivity index (χ1n) is 6.11. The van der Waals surface area contributed by atoms with E-state index in [2.05, 4.69) is 47.3 Å². The first-order chi connectivity index (χ1) is 8.36. The molecule has 3 aliphatic heterocycles. The molecule has 0 saturated heterocycles. The van der Waals surface area contributed by atoms with Gasteiger partial charge in [0.2, 0.25) is 0 Å². The molecule has 2 heteroatoms. The number of aliphatic imine (C=N–C) groups is 1. The van der Waals surface area contributed by atoms with Crippen molar-refractivity contribution in [3.63, 3.8) is 0 Å². The SMILES string of the molecule is CN1C2=C3CN=CC=C3CC1c1ccccc12. The summed E-state index contributed by atoms with van der Waals surface area (Å²) < 4.78 is 0. The fraction of sp³-hybridized carbons (Fsp3) is 0.267. The van der Waals surface area contributed by atoms with Crippen molar-refractivity contribution in [1.29, 1.82) is 0 Å². The predicted octanol–water partition coefficient (Wildman–Crippen LogP) is 2.80. The van der Waals surface area contributed by atoms with Gasteiger partial charge in [-0.2, -0.15) is 0 Å². The smallest absolute Gasteiger partial charge is 0.0662 e. The number of nitrogens with zero attached hydrogens (tertiary/aromatic N) is 2. The van der Waals surface area contributed by atoms with Crippen molar-refractivity contribution in [2.45, 2.75) is 12.5 Å². The number of dihydropyridines is 1. The van der Waals surface area contributed by atoms with Gasteiger partial charge < -0.3 is 4.90 Å². The van der Waals surface area contributed by atoms with Gasteiger partial charge in [0.15, 0.2) is 0 Å². The Hall–Kier alpha value is -1.83. The van der Waals surface area contributed by atoms with Crippen molar-refractivity contribution >= 4 is 11.9 Å². The topological polar surface area (TPSA) is 15.6 Å². The molecule has 0 saturated carbocycles. The van der Waals surface area contributed by atoms with Crippen molar-refractivity contribution in [3.8, 4) is 0 Å². The van der Waals surface area contributed by atoms with Gasteiger partial charge in [-0.3, -0.25) is 4.99 Å². The zero-order valence-electron chi connectivity index (χ0n) is 9.85. The quantitative estimate of drug-likeness (QED) is 0.659. The number of rotatable bonds is 0. The Morgan fingerprint density at radius 1 is 1.29 bits per heavy atom. The predicted molar refractivity (Wildman–Crippen MR) is 69.9 cm³/mol. The molecular formula is C15H14N2. The number of hydrogen-bond acceptors (Lipinski definition) is 2. The number of benzene rings is 1. The Balaban J connectivity index is 2.03. The largest absolute Gasteiger partial charge is 0.366 e. The molecule has 4 rings (SSSR count). The lowest BCUT2D eigenvalue weighted by atomic mass is 9.92. The lowest BCUT2D eigenvalue weighted by molar-refractivity contribution is 0.362. The van der Waals surface area contributed by atoms with E-state index < -0.39 is 0 Å². The Kier molecular flexibility index (Phi) is 1.68. The highest BCUT2D eigenvalue weighted by Crippen LogP contribution is 2.50. The molecule has 3 heterocycles. The molecule has 0 fully saturated rings. The molecule has 3 aliphatic rings. The summed E-state index contributed by atoms with van der Waals surface area (Å²) in [5.74, 6) is 0. The molecule has 17 heavy (non-hydrogen) atoms. The summed E-state index contributed by atoms with van der Waals surface area (Å²) in [4.78, 5) is 6.83. The third-order valence-corrected chi connectivity index (χ3v) is 4.11. The van der Waals surface area contributed by atoms with Crippen LogP contribution < -0.4 is 0 Å². The zero-order chi connectivity index (χ0) is 11.4. The Bertz CT molecular complexity index is 593. The molecule has 84 valence electrons. The van der Waals surface area contributed by atoms with Crippen LogP contribution in [0.15, 0.2) is 46.5 Å². The molecule has 1 unspecified atom stereocenters. The molecule has 1 aromatic carbocycles. The number of fused-ring (bicyclic) bond motifs is 6. The van der Waals surface area contributed by atoms with Gasteiger partial charge >= 0.3 is 0 Å². The summed E-state index contributed by atoms with van der Waals surface area (Å²) in [6.45, 7) is 0.840. The Morgan fingerprint density at radius 2 is 2.18 bits per heavy atom. The van der Waals surface area contributed by atoms with E-state index >= 15 is 0 Å². The maximum atomic E-state index is 4.40. The van der Waals surface area contributed by atoms with E-state index in [1.807, 2.05) is 6.21 Å². The van der Waals surface area contributed by atoms with Gasteiger partial charge in [0.25, 0.3) is 0 Å². The fourth-order valence-electron chi connectivity index (χ4n) is 3.30. The van der Waals surface area contributed by atoms with Crippen LogP contribution in [0, 0.1) is 0 Å². The van der Waals surface area contributed by atoms with E-state index in [0.29, 0.717) is 6.04 Å². The molecule has 1 atom stereocenters. The zero-order valence-corrected chi connectivity index (χ0v) is 9.85. The van der Waals surface area contributed by atoms with E-state index in [-0.39, 0.29) is 0 Å². The van der Waals surface area contributed by atoms with Gasteiger partial charge in [-0.15, -0.1) is 0 Å². The Morgan fingerprint density at radius 3 is 3.12 bits per heavy atom. The van der Waals surface area contributed by atoms with Crippen molar-refractivity contribution < 1.29 is 0 Å². The molecule has 0 spiro atoms. The maximum absolute atomic E-state index is 4.40. The minimum absolute atomic E-state index is 0.530. The first kappa shape index (κ1) is 9.23. The van der Waals surface area contributed by atoms with Crippen LogP contribution in [0.4, 0.5) is 0 Å². The minimum Gasteiger partial charge on any atom is -0.366 e. The summed E-state index contributed by atoms with van der Waals surface area (Å²) in [6.07, 6.45) is 5.26. The highest BCUT2D eigenvalue weighted by Gasteiger charge is 2.38. The van der Waals surface area contributed by atoms with Crippen LogP contribution in [0.25, 0.3) is 5.70 Å². The van der Waals surface area contributed by atoms with E-state index in [1.54, 1.807) is 0 Å². The molecule has 2 bridgehead atoms. The monoisotopic (exact) mass is 222 g/mol. The summed E-state index contributed by atoms with van der Waals surface area (Å²) >= 11 is 0. The van der Waals surface area contributed by atoms with Crippen molar-refractivity contribution in [1.82, 2.24) is 4.90 Å². The highest BCUT2D eigenvalue weighted by atomic mass is 15.2. The molecule has 0 aliphatic carbocycles. The second-order valence-electron chi connectivity index (χ2n) is 4.93. The molecule has 0 aromatic heterocycles. The second kappa shape index (κ2) is 3.10. The summed E-state index contributed by atoms with van der Waals surface area (Å²) in [5, 5.41) is 0. The van der Waals surface area contributed by atoms with Crippen molar-refractivity contribution in [2.24, 2.45) is 4.99 Å². The van der Waals surface area contributed by atoms with Crippen LogP contribution >= 0.6 is 0 Å². The normalized spacial score (nSPS) is 24.6. The van der Waals surface area contributed by atoms with E-state index in [0.717, 1.165) is 13.0 Å². The molecular weight excluding hydrogens is 208 g/mol. The standard InChI is InChI=1S/C15H14N2/c1-17-14-8-10-6-7-16-9-13(10)15(17)12-5-3-2-4-11(12)14/h2-7,14H,8-9H2,1H3. The molecule has 0 N–H and O–H groups in total. The van der Waals surface area contributed by atoms with Crippen molar-refractivity contribution in [3.05, 3.63) is 52.6 Å². The lowest BCUT2D eigenvalue weighted by Gasteiger charge is -2.33. The van der Waals surface area contributed by atoms with Crippen LogP contribution in [-0.4, -0.2) is 24.7 Å².